The third-order valence-electron chi connectivity index (χ3n) is 2.54. The van der Waals surface area contributed by atoms with Crippen molar-refractivity contribution in [3.8, 4) is 0 Å². The van der Waals surface area contributed by atoms with E-state index in [1.165, 1.54) is 0 Å². The van der Waals surface area contributed by atoms with E-state index in [0.29, 0.717) is 5.56 Å². The van der Waals surface area contributed by atoms with Gasteiger partial charge in [-0.15, -0.1) is 0 Å². The maximum atomic E-state index is 13.3. The SMILES string of the molecule is Fc1cc(Cl)c(C(Br)c2cc(Br)ccc2I)cc1F. The average Bonchev–Trinajstić information content (AvgIpc) is 2.36. The second kappa shape index (κ2) is 6.37. The summed E-state index contributed by atoms with van der Waals surface area (Å²) in [5.41, 5.74) is 1.43. The first-order valence-electron chi connectivity index (χ1n) is 5.13. The number of hydrogen-bond acceptors (Lipinski definition) is 0. The lowest BCUT2D eigenvalue weighted by atomic mass is 10.0. The molecule has 0 nitrogen and oxygen atoms in total. The fourth-order valence-corrected chi connectivity index (χ4v) is 4.21. The molecule has 2 aromatic rings. The molecule has 100 valence electrons. The third-order valence-corrected chi connectivity index (χ3v) is 5.33. The summed E-state index contributed by atoms with van der Waals surface area (Å²) in [5.74, 6) is -1.86. The van der Waals surface area contributed by atoms with E-state index >= 15 is 0 Å². The van der Waals surface area contributed by atoms with Crippen molar-refractivity contribution in [3.63, 3.8) is 0 Å². The molecule has 0 bridgehead atoms. The van der Waals surface area contributed by atoms with Crippen LogP contribution in [-0.4, -0.2) is 0 Å². The van der Waals surface area contributed by atoms with Crippen LogP contribution < -0.4 is 0 Å². The average molecular weight is 522 g/mol. The molecule has 1 unspecified atom stereocenters. The quantitative estimate of drug-likeness (QED) is 0.241. The van der Waals surface area contributed by atoms with Gasteiger partial charge in [-0.25, -0.2) is 8.78 Å². The van der Waals surface area contributed by atoms with E-state index in [2.05, 4.69) is 54.5 Å². The summed E-state index contributed by atoms with van der Waals surface area (Å²) in [4.78, 5) is -0.306. The Morgan fingerprint density at radius 2 is 1.68 bits per heavy atom. The summed E-state index contributed by atoms with van der Waals surface area (Å²) >= 11 is 15.1. The Hall–Kier alpha value is 0.280. The molecule has 6 heteroatoms. The van der Waals surface area contributed by atoms with Crippen LogP contribution >= 0.6 is 66.1 Å². The van der Waals surface area contributed by atoms with E-state index in [0.717, 1.165) is 25.7 Å². The fourth-order valence-electron chi connectivity index (χ4n) is 1.61. The summed E-state index contributed by atoms with van der Waals surface area (Å²) in [6.07, 6.45) is 0. The molecule has 19 heavy (non-hydrogen) atoms. The molecule has 0 aliphatic carbocycles. The molecular weight excluding hydrogens is 516 g/mol. The molecule has 0 aliphatic rings. The van der Waals surface area contributed by atoms with Crippen LogP contribution in [0, 0.1) is 15.2 Å². The van der Waals surface area contributed by atoms with Crippen molar-refractivity contribution < 1.29 is 8.78 Å². The van der Waals surface area contributed by atoms with Gasteiger partial charge in [0.2, 0.25) is 0 Å². The molecule has 0 radical (unpaired) electrons. The van der Waals surface area contributed by atoms with Gasteiger partial charge in [0, 0.05) is 13.1 Å². The smallest absolute Gasteiger partial charge is 0.160 e. The monoisotopic (exact) mass is 520 g/mol. The predicted octanol–water partition coefficient (Wildman–Crippen LogP) is 6.47. The first-order valence-corrected chi connectivity index (χ1v) is 8.30. The van der Waals surface area contributed by atoms with Crippen LogP contribution in [-0.2, 0) is 0 Å². The minimum atomic E-state index is -0.947. The maximum Gasteiger partial charge on any atom is 0.160 e. The van der Waals surface area contributed by atoms with E-state index in [1.807, 2.05) is 18.2 Å². The van der Waals surface area contributed by atoms with Crippen LogP contribution in [0.4, 0.5) is 8.78 Å². The van der Waals surface area contributed by atoms with Crippen molar-refractivity contribution in [3.05, 3.63) is 66.2 Å². The lowest BCUT2D eigenvalue weighted by Crippen LogP contribution is -1.99. The van der Waals surface area contributed by atoms with Gasteiger partial charge >= 0.3 is 0 Å². The van der Waals surface area contributed by atoms with Gasteiger partial charge in [0.1, 0.15) is 0 Å². The van der Waals surface area contributed by atoms with Crippen LogP contribution in [0.5, 0.6) is 0 Å². The summed E-state index contributed by atoms with van der Waals surface area (Å²) < 4.78 is 28.3. The highest BCUT2D eigenvalue weighted by Gasteiger charge is 2.19. The standard InChI is InChI=1S/C13H6Br2ClF2I/c14-6-1-2-12(19)8(3-6)13(15)7-4-10(17)11(18)5-9(7)16/h1-5,13H. The zero-order valence-corrected chi connectivity index (χ0v) is 15.3. The van der Waals surface area contributed by atoms with Crippen LogP contribution in [0.3, 0.4) is 0 Å². The Morgan fingerprint density at radius 1 is 1.05 bits per heavy atom. The van der Waals surface area contributed by atoms with Crippen molar-refractivity contribution in [2.45, 2.75) is 4.83 Å². The van der Waals surface area contributed by atoms with Gasteiger partial charge in [0.05, 0.1) is 4.83 Å². The normalized spacial score (nSPS) is 12.5. The number of alkyl halides is 1. The van der Waals surface area contributed by atoms with Crippen LogP contribution in [0.2, 0.25) is 5.02 Å². The molecule has 0 spiro atoms. The van der Waals surface area contributed by atoms with Crippen molar-refractivity contribution in [1.82, 2.24) is 0 Å². The second-order valence-electron chi connectivity index (χ2n) is 3.82. The molecular formula is C13H6Br2ClF2I. The minimum absolute atomic E-state index is 0.191. The first-order chi connectivity index (χ1) is 8.90. The maximum absolute atomic E-state index is 13.3. The lowest BCUT2D eigenvalue weighted by molar-refractivity contribution is 0.507. The fraction of sp³-hybridized carbons (Fsp3) is 0.0769. The molecule has 0 fully saturated rings. The molecule has 2 rings (SSSR count). The summed E-state index contributed by atoms with van der Waals surface area (Å²) in [6.45, 7) is 0. The van der Waals surface area contributed by atoms with Crippen LogP contribution in [0.1, 0.15) is 16.0 Å². The molecule has 0 N–H and O–H groups in total. The van der Waals surface area contributed by atoms with Crippen molar-refractivity contribution >= 4 is 66.1 Å². The summed E-state index contributed by atoms with van der Waals surface area (Å²) in [6, 6.07) is 7.87. The molecule has 0 aromatic heterocycles. The molecule has 0 saturated heterocycles. The molecule has 2 aromatic carbocycles. The predicted molar refractivity (Wildman–Crippen MR) is 89.0 cm³/mol. The topological polar surface area (TPSA) is 0 Å². The van der Waals surface area contributed by atoms with Crippen LogP contribution in [0.25, 0.3) is 0 Å². The van der Waals surface area contributed by atoms with Gasteiger partial charge < -0.3 is 0 Å². The number of rotatable bonds is 2. The zero-order chi connectivity index (χ0) is 14.2. The van der Waals surface area contributed by atoms with Gasteiger partial charge in [-0.05, 0) is 64.0 Å². The minimum Gasteiger partial charge on any atom is -0.204 e. The van der Waals surface area contributed by atoms with E-state index in [1.54, 1.807) is 0 Å². The largest absolute Gasteiger partial charge is 0.204 e. The molecule has 0 heterocycles. The zero-order valence-electron chi connectivity index (χ0n) is 9.23. The molecule has 0 aliphatic heterocycles. The van der Waals surface area contributed by atoms with Gasteiger partial charge in [-0.2, -0.15) is 0 Å². The van der Waals surface area contributed by atoms with E-state index in [4.69, 9.17) is 11.6 Å². The van der Waals surface area contributed by atoms with Crippen molar-refractivity contribution in [2.75, 3.05) is 0 Å². The van der Waals surface area contributed by atoms with Crippen LogP contribution in [0.15, 0.2) is 34.8 Å². The third kappa shape index (κ3) is 3.49. The summed E-state index contributed by atoms with van der Waals surface area (Å²) in [7, 11) is 0. The molecule has 1 atom stereocenters. The van der Waals surface area contributed by atoms with Gasteiger partial charge in [-0.1, -0.05) is 43.5 Å². The molecule has 0 saturated carbocycles. The highest BCUT2D eigenvalue weighted by molar-refractivity contribution is 14.1. The number of halogens is 6. The van der Waals surface area contributed by atoms with Gasteiger partial charge in [0.15, 0.2) is 11.6 Å². The van der Waals surface area contributed by atoms with E-state index < -0.39 is 11.6 Å². The Kier molecular flexibility index (Phi) is 5.25. The summed E-state index contributed by atoms with van der Waals surface area (Å²) in [5, 5.41) is 0.191. The first kappa shape index (κ1) is 15.7. The van der Waals surface area contributed by atoms with E-state index in [-0.39, 0.29) is 9.85 Å². The van der Waals surface area contributed by atoms with Gasteiger partial charge in [-0.3, -0.25) is 0 Å². The van der Waals surface area contributed by atoms with Crippen molar-refractivity contribution in [1.29, 1.82) is 0 Å². The Morgan fingerprint density at radius 3 is 2.37 bits per heavy atom. The highest BCUT2D eigenvalue weighted by Crippen LogP contribution is 2.39. The molecule has 0 amide bonds. The van der Waals surface area contributed by atoms with Crippen molar-refractivity contribution in [2.24, 2.45) is 0 Å². The Balaban J connectivity index is 2.52. The number of benzene rings is 2. The Bertz CT molecular complexity index is 634. The second-order valence-corrected chi connectivity index (χ2v) is 7.22. The Labute approximate surface area is 144 Å². The van der Waals surface area contributed by atoms with Gasteiger partial charge in [0.25, 0.3) is 0 Å². The lowest BCUT2D eigenvalue weighted by Gasteiger charge is -2.15. The van der Waals surface area contributed by atoms with E-state index in [9.17, 15) is 8.78 Å². The highest BCUT2D eigenvalue weighted by atomic mass is 127. The number of hydrogen-bond donors (Lipinski definition) is 0.